The molecule has 3 rings (SSSR count). The molecule has 2 fully saturated rings. The van der Waals surface area contributed by atoms with Crippen molar-refractivity contribution in [3.8, 4) is 0 Å². The molecular formula is C19H28O2. The largest absolute Gasteiger partial charge is 0.349 e. The van der Waals surface area contributed by atoms with Gasteiger partial charge in [-0.15, -0.1) is 0 Å². The van der Waals surface area contributed by atoms with E-state index in [-0.39, 0.29) is 5.79 Å². The lowest BCUT2D eigenvalue weighted by Crippen LogP contribution is -2.60. The van der Waals surface area contributed by atoms with Gasteiger partial charge in [-0.2, -0.15) is 0 Å². The average Bonchev–Trinajstić information content (AvgIpc) is 2.51. The van der Waals surface area contributed by atoms with E-state index in [1.54, 1.807) is 0 Å². The molecule has 2 nitrogen and oxygen atoms in total. The maximum atomic E-state index is 6.43. The van der Waals surface area contributed by atoms with Crippen molar-refractivity contribution in [3.63, 3.8) is 0 Å². The molecule has 1 aliphatic heterocycles. The second kappa shape index (κ2) is 6.50. The molecule has 3 aliphatic rings. The van der Waals surface area contributed by atoms with Crippen LogP contribution in [0.4, 0.5) is 0 Å². The summed E-state index contributed by atoms with van der Waals surface area (Å²) in [5.74, 6) is 2.13. The van der Waals surface area contributed by atoms with Gasteiger partial charge in [0.25, 0.3) is 0 Å². The quantitative estimate of drug-likeness (QED) is 0.421. The van der Waals surface area contributed by atoms with Gasteiger partial charge in [0, 0.05) is 11.8 Å². The molecule has 1 saturated heterocycles. The molecule has 21 heavy (non-hydrogen) atoms. The fourth-order valence-corrected chi connectivity index (χ4v) is 4.59. The Morgan fingerprint density at radius 2 is 2.29 bits per heavy atom. The van der Waals surface area contributed by atoms with Crippen LogP contribution >= 0.6 is 0 Å². The Labute approximate surface area is 128 Å². The van der Waals surface area contributed by atoms with Gasteiger partial charge in [-0.05, 0) is 43.9 Å². The lowest BCUT2D eigenvalue weighted by molar-refractivity contribution is -0.338. The van der Waals surface area contributed by atoms with E-state index in [4.69, 9.17) is 9.47 Å². The van der Waals surface area contributed by atoms with Crippen LogP contribution in [0.3, 0.4) is 0 Å². The summed E-state index contributed by atoms with van der Waals surface area (Å²) in [6.07, 6.45) is 16.6. The van der Waals surface area contributed by atoms with Crippen LogP contribution in [0.15, 0.2) is 37.0 Å². The molecule has 2 aliphatic carbocycles. The van der Waals surface area contributed by atoms with Crippen molar-refractivity contribution in [3.05, 3.63) is 37.0 Å². The molecule has 0 aromatic carbocycles. The van der Waals surface area contributed by atoms with Gasteiger partial charge in [-0.3, -0.25) is 0 Å². The van der Waals surface area contributed by atoms with Gasteiger partial charge in [-0.25, -0.2) is 0 Å². The summed E-state index contributed by atoms with van der Waals surface area (Å²) >= 11 is 0. The smallest absolute Gasteiger partial charge is 0.174 e. The highest BCUT2D eigenvalue weighted by Crippen LogP contribution is 2.54. The van der Waals surface area contributed by atoms with Crippen LogP contribution in [0.5, 0.6) is 0 Å². The van der Waals surface area contributed by atoms with Crippen LogP contribution < -0.4 is 0 Å². The van der Waals surface area contributed by atoms with Crippen LogP contribution in [-0.2, 0) is 9.47 Å². The minimum atomic E-state index is -0.335. The summed E-state index contributed by atoms with van der Waals surface area (Å²) in [4.78, 5) is 0. The fraction of sp³-hybridized carbons (Fsp3) is 0.684. The van der Waals surface area contributed by atoms with Crippen LogP contribution in [0, 0.1) is 23.7 Å². The summed E-state index contributed by atoms with van der Waals surface area (Å²) in [6.45, 7) is 7.60. The zero-order valence-corrected chi connectivity index (χ0v) is 13.2. The van der Waals surface area contributed by atoms with Gasteiger partial charge < -0.3 is 9.47 Å². The lowest BCUT2D eigenvalue weighted by atomic mass is 9.60. The maximum Gasteiger partial charge on any atom is 0.174 e. The molecule has 0 spiro atoms. The third-order valence-electron chi connectivity index (χ3n) is 5.58. The van der Waals surface area contributed by atoms with Gasteiger partial charge in [0.15, 0.2) is 5.79 Å². The van der Waals surface area contributed by atoms with Crippen molar-refractivity contribution >= 4 is 0 Å². The first kappa shape index (κ1) is 15.1. The molecule has 0 N–H and O–H groups in total. The zero-order valence-electron chi connectivity index (χ0n) is 13.2. The first-order valence-electron chi connectivity index (χ1n) is 8.50. The molecule has 0 aromatic rings. The maximum absolute atomic E-state index is 6.43. The highest BCUT2D eigenvalue weighted by Gasteiger charge is 2.56. The predicted molar refractivity (Wildman–Crippen MR) is 85.8 cm³/mol. The number of hydrogen-bond donors (Lipinski definition) is 0. The summed E-state index contributed by atoms with van der Waals surface area (Å²) < 4.78 is 12.8. The number of ether oxygens (including phenoxy) is 2. The van der Waals surface area contributed by atoms with E-state index in [1.807, 2.05) is 12.2 Å². The molecule has 1 saturated carbocycles. The number of rotatable bonds is 5. The van der Waals surface area contributed by atoms with Crippen LogP contribution in [0.2, 0.25) is 0 Å². The summed E-state index contributed by atoms with van der Waals surface area (Å²) in [6, 6.07) is 0. The third kappa shape index (κ3) is 2.76. The normalized spacial score (nSPS) is 42.0. The molecule has 0 unspecified atom stereocenters. The zero-order chi connectivity index (χ0) is 14.7. The van der Waals surface area contributed by atoms with Gasteiger partial charge in [0.05, 0.1) is 13.2 Å². The van der Waals surface area contributed by atoms with Crippen molar-refractivity contribution in [1.82, 2.24) is 0 Å². The van der Waals surface area contributed by atoms with Crippen LogP contribution in [-0.4, -0.2) is 19.0 Å². The molecule has 1 heterocycles. The van der Waals surface area contributed by atoms with Crippen molar-refractivity contribution in [1.29, 1.82) is 0 Å². The molecule has 0 radical (unpaired) electrons. The van der Waals surface area contributed by atoms with Gasteiger partial charge in [0.1, 0.15) is 0 Å². The summed E-state index contributed by atoms with van der Waals surface area (Å²) in [7, 11) is 0. The minimum Gasteiger partial charge on any atom is -0.349 e. The minimum absolute atomic E-state index is 0.335. The van der Waals surface area contributed by atoms with E-state index < -0.39 is 0 Å². The first-order chi connectivity index (χ1) is 10.3. The van der Waals surface area contributed by atoms with E-state index >= 15 is 0 Å². The van der Waals surface area contributed by atoms with E-state index in [1.165, 1.54) is 19.3 Å². The number of hydrogen-bond acceptors (Lipinski definition) is 2. The molecule has 0 bridgehead atoms. The SMILES string of the molecule is C=C/C=C/CCO[C@]12OCC[C@@H]3C=CC[C@H](CC[C@@H]1C)[C@H]32. The van der Waals surface area contributed by atoms with Gasteiger partial charge >= 0.3 is 0 Å². The van der Waals surface area contributed by atoms with Gasteiger partial charge in [-0.1, -0.05) is 43.9 Å². The molecule has 0 aromatic heterocycles. The standard InChI is InChI=1S/C19H28O2/c1-3-4-5-6-13-20-19-15(2)10-11-16-8-7-9-17(18(16)19)12-14-21-19/h3-5,7,9,15-18H,1,6,8,10-14H2,2H3/b5-4+/t15-,16+,17-,18+,19-/m0/s1. The van der Waals surface area contributed by atoms with Crippen molar-refractivity contribution in [2.45, 2.75) is 44.8 Å². The third-order valence-corrected chi connectivity index (χ3v) is 5.58. The monoisotopic (exact) mass is 288 g/mol. The Morgan fingerprint density at radius 3 is 3.14 bits per heavy atom. The Bertz CT molecular complexity index is 425. The number of allylic oxidation sites excluding steroid dienone is 4. The van der Waals surface area contributed by atoms with Crippen LogP contribution in [0.1, 0.15) is 39.0 Å². The molecule has 5 atom stereocenters. The van der Waals surface area contributed by atoms with Crippen LogP contribution in [0.25, 0.3) is 0 Å². The van der Waals surface area contributed by atoms with E-state index in [0.717, 1.165) is 32.0 Å². The topological polar surface area (TPSA) is 18.5 Å². The van der Waals surface area contributed by atoms with Crippen molar-refractivity contribution in [2.75, 3.05) is 13.2 Å². The first-order valence-corrected chi connectivity index (χ1v) is 8.50. The highest BCUT2D eigenvalue weighted by atomic mass is 16.7. The second-order valence-electron chi connectivity index (χ2n) is 6.75. The Balaban J connectivity index is 1.76. The molecule has 0 amide bonds. The molecule has 116 valence electrons. The second-order valence-corrected chi connectivity index (χ2v) is 6.75. The van der Waals surface area contributed by atoms with Crippen molar-refractivity contribution in [2.24, 2.45) is 23.7 Å². The highest BCUT2D eigenvalue weighted by molar-refractivity contribution is 5.09. The van der Waals surface area contributed by atoms with E-state index in [0.29, 0.717) is 17.8 Å². The molecular weight excluding hydrogens is 260 g/mol. The van der Waals surface area contributed by atoms with E-state index in [9.17, 15) is 0 Å². The Morgan fingerprint density at radius 1 is 1.38 bits per heavy atom. The van der Waals surface area contributed by atoms with Gasteiger partial charge in [0.2, 0.25) is 0 Å². The summed E-state index contributed by atoms with van der Waals surface area (Å²) in [5, 5.41) is 0. The Kier molecular flexibility index (Phi) is 4.66. The summed E-state index contributed by atoms with van der Waals surface area (Å²) in [5.41, 5.74) is 0. The lowest BCUT2D eigenvalue weighted by Gasteiger charge is -2.56. The predicted octanol–water partition coefficient (Wildman–Crippen LogP) is 4.49. The fourth-order valence-electron chi connectivity index (χ4n) is 4.59. The van der Waals surface area contributed by atoms with E-state index in [2.05, 4.69) is 31.7 Å². The molecule has 2 heteroatoms. The Hall–Kier alpha value is -0.860. The van der Waals surface area contributed by atoms with Crippen molar-refractivity contribution < 1.29 is 9.47 Å². The average molecular weight is 288 g/mol.